The molecule has 0 aliphatic heterocycles. The quantitative estimate of drug-likeness (QED) is 0.828. The van der Waals surface area contributed by atoms with Crippen molar-refractivity contribution in [3.05, 3.63) is 24.0 Å². The highest BCUT2D eigenvalue weighted by Gasteiger charge is 2.43. The Morgan fingerprint density at radius 1 is 1.38 bits per heavy atom. The van der Waals surface area contributed by atoms with E-state index in [4.69, 9.17) is 15.5 Å². The lowest BCUT2D eigenvalue weighted by atomic mass is 10.0. The van der Waals surface area contributed by atoms with E-state index in [0.717, 1.165) is 30.8 Å². The molecule has 0 bridgehead atoms. The lowest BCUT2D eigenvalue weighted by Crippen LogP contribution is -2.15. The Morgan fingerprint density at radius 2 is 2.19 bits per heavy atom. The number of hydrogen-bond acceptors (Lipinski definition) is 3. The minimum absolute atomic E-state index is 0.439. The summed E-state index contributed by atoms with van der Waals surface area (Å²) in [6.45, 7) is 1.95. The molecule has 2 saturated carbocycles. The molecular formula is C17H23N3O. The molecule has 0 amide bonds. The molecule has 2 N–H and O–H groups in total. The van der Waals surface area contributed by atoms with Crippen LogP contribution < -0.4 is 5.73 Å². The third-order valence-electron chi connectivity index (χ3n) is 5.03. The number of benzene rings is 1. The van der Waals surface area contributed by atoms with Gasteiger partial charge < -0.3 is 15.0 Å². The third kappa shape index (κ3) is 2.42. The van der Waals surface area contributed by atoms with Gasteiger partial charge in [0, 0.05) is 31.9 Å². The molecule has 0 radical (unpaired) electrons. The van der Waals surface area contributed by atoms with Gasteiger partial charge in [-0.15, -0.1) is 0 Å². The van der Waals surface area contributed by atoms with E-state index in [1.165, 1.54) is 37.0 Å². The normalized spacial score (nSPS) is 20.0. The summed E-state index contributed by atoms with van der Waals surface area (Å²) < 4.78 is 7.76. The molecule has 2 aliphatic rings. The Balaban J connectivity index is 1.71. The first-order valence-corrected chi connectivity index (χ1v) is 7.95. The maximum absolute atomic E-state index is 5.91. The lowest BCUT2D eigenvalue weighted by Gasteiger charge is -2.18. The van der Waals surface area contributed by atoms with Crippen LogP contribution in [-0.4, -0.2) is 23.3 Å². The van der Waals surface area contributed by atoms with Gasteiger partial charge in [-0.2, -0.15) is 0 Å². The summed E-state index contributed by atoms with van der Waals surface area (Å²) in [7, 11) is 1.79. The smallest absolute Gasteiger partial charge is 0.113 e. The van der Waals surface area contributed by atoms with Crippen LogP contribution in [0, 0.1) is 5.41 Å². The van der Waals surface area contributed by atoms with Crippen molar-refractivity contribution in [3.8, 4) is 0 Å². The first-order valence-electron chi connectivity index (χ1n) is 7.95. The van der Waals surface area contributed by atoms with Gasteiger partial charge in [0.1, 0.15) is 5.82 Å². The molecule has 0 saturated heterocycles. The molecule has 112 valence electrons. The molecule has 0 atom stereocenters. The fraction of sp³-hybridized carbons (Fsp3) is 0.588. The summed E-state index contributed by atoms with van der Waals surface area (Å²) in [5, 5.41) is 0. The largest absolute Gasteiger partial charge is 0.399 e. The summed E-state index contributed by atoms with van der Waals surface area (Å²) in [4.78, 5) is 4.88. The molecule has 21 heavy (non-hydrogen) atoms. The first kappa shape index (κ1) is 13.1. The Hall–Kier alpha value is -1.55. The van der Waals surface area contributed by atoms with Crippen molar-refractivity contribution in [1.82, 2.24) is 9.55 Å². The van der Waals surface area contributed by atoms with E-state index >= 15 is 0 Å². The van der Waals surface area contributed by atoms with Gasteiger partial charge in [0.25, 0.3) is 0 Å². The van der Waals surface area contributed by atoms with Gasteiger partial charge in [0.2, 0.25) is 0 Å². The zero-order valence-electron chi connectivity index (χ0n) is 12.6. The number of nitrogens with zero attached hydrogens (tertiary/aromatic N) is 2. The molecule has 1 aromatic carbocycles. The van der Waals surface area contributed by atoms with E-state index in [9.17, 15) is 0 Å². The number of fused-ring (bicyclic) bond motifs is 1. The fourth-order valence-corrected chi connectivity index (χ4v) is 3.30. The summed E-state index contributed by atoms with van der Waals surface area (Å²) >= 11 is 0. The summed E-state index contributed by atoms with van der Waals surface area (Å²) in [5.41, 5.74) is 9.45. The third-order valence-corrected chi connectivity index (χ3v) is 5.03. The van der Waals surface area contributed by atoms with Gasteiger partial charge in [0.05, 0.1) is 11.0 Å². The number of rotatable bonds is 6. The zero-order chi connectivity index (χ0) is 14.4. The van der Waals surface area contributed by atoms with Crippen LogP contribution in [-0.2, 0) is 11.3 Å². The number of imidazole rings is 1. The highest BCUT2D eigenvalue weighted by atomic mass is 16.5. The van der Waals surface area contributed by atoms with E-state index in [1.807, 2.05) is 12.1 Å². The monoisotopic (exact) mass is 285 g/mol. The molecule has 0 unspecified atom stereocenters. The van der Waals surface area contributed by atoms with Gasteiger partial charge >= 0.3 is 0 Å². The topological polar surface area (TPSA) is 53.1 Å². The van der Waals surface area contributed by atoms with Crippen molar-refractivity contribution in [2.75, 3.05) is 19.5 Å². The van der Waals surface area contributed by atoms with Crippen molar-refractivity contribution in [2.24, 2.45) is 5.41 Å². The van der Waals surface area contributed by atoms with Crippen LogP contribution in [0.5, 0.6) is 0 Å². The van der Waals surface area contributed by atoms with E-state index in [-0.39, 0.29) is 0 Å². The van der Waals surface area contributed by atoms with Crippen molar-refractivity contribution in [3.63, 3.8) is 0 Å². The SMILES string of the molecule is COCCC1(Cn2c(C3CC3)nc3cc(N)ccc32)CC1. The Bertz CT molecular complexity index is 668. The average Bonchev–Trinajstić information content (AvgIpc) is 3.38. The van der Waals surface area contributed by atoms with E-state index in [0.29, 0.717) is 11.3 Å². The molecule has 2 aliphatic carbocycles. The van der Waals surface area contributed by atoms with Gasteiger partial charge in [-0.3, -0.25) is 0 Å². The van der Waals surface area contributed by atoms with Crippen LogP contribution >= 0.6 is 0 Å². The van der Waals surface area contributed by atoms with Crippen molar-refractivity contribution in [2.45, 2.75) is 44.6 Å². The van der Waals surface area contributed by atoms with Gasteiger partial charge in [0.15, 0.2) is 0 Å². The minimum Gasteiger partial charge on any atom is -0.399 e. The standard InChI is InChI=1S/C17H23N3O/c1-21-9-8-17(6-7-17)11-20-15-5-4-13(18)10-14(15)19-16(20)12-2-3-12/h4-5,10,12H,2-3,6-9,11,18H2,1H3. The van der Waals surface area contributed by atoms with Crippen LogP contribution in [0.1, 0.15) is 43.8 Å². The second kappa shape index (κ2) is 4.73. The lowest BCUT2D eigenvalue weighted by molar-refractivity contribution is 0.167. The van der Waals surface area contributed by atoms with Gasteiger partial charge in [-0.25, -0.2) is 4.98 Å². The Labute approximate surface area is 125 Å². The summed E-state index contributed by atoms with van der Waals surface area (Å²) in [5.74, 6) is 1.94. The van der Waals surface area contributed by atoms with Crippen LogP contribution in [0.25, 0.3) is 11.0 Å². The molecule has 0 spiro atoms. The second-order valence-electron chi connectivity index (χ2n) is 6.82. The fourth-order valence-electron chi connectivity index (χ4n) is 3.30. The van der Waals surface area contributed by atoms with Gasteiger partial charge in [-0.1, -0.05) is 0 Å². The number of nitrogens with two attached hydrogens (primary N) is 1. The Morgan fingerprint density at radius 3 is 2.86 bits per heavy atom. The maximum atomic E-state index is 5.91. The van der Waals surface area contributed by atoms with E-state index < -0.39 is 0 Å². The number of ether oxygens (including phenoxy) is 1. The number of anilines is 1. The number of nitrogen functional groups attached to an aromatic ring is 1. The van der Waals surface area contributed by atoms with E-state index in [2.05, 4.69) is 10.6 Å². The van der Waals surface area contributed by atoms with Crippen LogP contribution in [0.2, 0.25) is 0 Å². The predicted octanol–water partition coefficient (Wildman–Crippen LogP) is 3.31. The molecule has 2 fully saturated rings. The molecule has 2 aromatic rings. The molecule has 4 nitrogen and oxygen atoms in total. The first-order chi connectivity index (χ1) is 10.2. The number of aromatic nitrogens is 2. The van der Waals surface area contributed by atoms with Crippen molar-refractivity contribution < 1.29 is 4.74 Å². The number of methoxy groups -OCH3 is 1. The van der Waals surface area contributed by atoms with Crippen LogP contribution in [0.15, 0.2) is 18.2 Å². The molecule has 4 rings (SSSR count). The highest BCUT2D eigenvalue weighted by molar-refractivity contribution is 5.80. The van der Waals surface area contributed by atoms with Crippen LogP contribution in [0.3, 0.4) is 0 Å². The Kier molecular flexibility index (Phi) is 2.96. The summed E-state index contributed by atoms with van der Waals surface area (Å²) in [6.07, 6.45) is 6.35. The number of hydrogen-bond donors (Lipinski definition) is 1. The summed E-state index contributed by atoms with van der Waals surface area (Å²) in [6, 6.07) is 6.13. The molecule has 1 heterocycles. The molecule has 1 aromatic heterocycles. The zero-order valence-corrected chi connectivity index (χ0v) is 12.6. The molecular weight excluding hydrogens is 262 g/mol. The average molecular weight is 285 g/mol. The minimum atomic E-state index is 0.439. The van der Waals surface area contributed by atoms with Crippen molar-refractivity contribution in [1.29, 1.82) is 0 Å². The van der Waals surface area contributed by atoms with Crippen LogP contribution in [0.4, 0.5) is 5.69 Å². The van der Waals surface area contributed by atoms with Gasteiger partial charge in [-0.05, 0) is 55.7 Å². The predicted molar refractivity (Wildman–Crippen MR) is 84.3 cm³/mol. The van der Waals surface area contributed by atoms with E-state index in [1.54, 1.807) is 7.11 Å². The second-order valence-corrected chi connectivity index (χ2v) is 6.82. The van der Waals surface area contributed by atoms with Crippen molar-refractivity contribution >= 4 is 16.7 Å². The maximum Gasteiger partial charge on any atom is 0.113 e. The highest BCUT2D eigenvalue weighted by Crippen LogP contribution is 2.52. The molecule has 4 heteroatoms.